The third-order valence-corrected chi connectivity index (χ3v) is 6.57. The van der Waals surface area contributed by atoms with Crippen molar-refractivity contribution in [1.82, 2.24) is 9.80 Å². The van der Waals surface area contributed by atoms with Crippen molar-refractivity contribution in [2.24, 2.45) is 0 Å². The lowest BCUT2D eigenvalue weighted by Gasteiger charge is -2.39. The maximum atomic E-state index is 13.1. The summed E-state index contributed by atoms with van der Waals surface area (Å²) in [6.45, 7) is 4.37. The van der Waals surface area contributed by atoms with Crippen molar-refractivity contribution in [3.8, 4) is 0 Å². The number of rotatable bonds is 5. The van der Waals surface area contributed by atoms with Crippen molar-refractivity contribution in [2.75, 3.05) is 49.5 Å². The average Bonchev–Trinajstić information content (AvgIpc) is 2.81. The molecule has 2 aromatic carbocycles. The van der Waals surface area contributed by atoms with E-state index in [2.05, 4.69) is 29.3 Å². The number of aryl methyl sites for hydroxylation is 1. The molecule has 0 aliphatic carbocycles. The van der Waals surface area contributed by atoms with Crippen LogP contribution >= 0.6 is 0 Å². The lowest BCUT2D eigenvalue weighted by atomic mass is 9.96. The monoisotopic (exact) mass is 474 g/mol. The second-order valence-corrected chi connectivity index (χ2v) is 8.89. The van der Waals surface area contributed by atoms with E-state index in [0.717, 1.165) is 24.6 Å². The van der Waals surface area contributed by atoms with Crippen LogP contribution in [-0.4, -0.2) is 66.9 Å². The van der Waals surface area contributed by atoms with Crippen LogP contribution in [0.15, 0.2) is 48.5 Å². The van der Waals surface area contributed by atoms with E-state index in [9.17, 15) is 22.8 Å². The van der Waals surface area contributed by atoms with Gasteiger partial charge in [0.15, 0.2) is 0 Å². The number of alkyl halides is 3. The molecule has 9 heteroatoms. The predicted molar refractivity (Wildman–Crippen MR) is 125 cm³/mol. The maximum absolute atomic E-state index is 13.1. The average molecular weight is 475 g/mol. The summed E-state index contributed by atoms with van der Waals surface area (Å²) >= 11 is 0. The van der Waals surface area contributed by atoms with Gasteiger partial charge in [-0.25, -0.2) is 0 Å². The van der Waals surface area contributed by atoms with Crippen LogP contribution < -0.4 is 10.2 Å². The second kappa shape index (κ2) is 10.0. The van der Waals surface area contributed by atoms with Crippen molar-refractivity contribution in [1.29, 1.82) is 0 Å². The molecule has 0 radical (unpaired) electrons. The lowest BCUT2D eigenvalue weighted by Crippen LogP contribution is -2.53. The number of para-hydroxylation sites is 2. The summed E-state index contributed by atoms with van der Waals surface area (Å²) in [5, 5.41) is 2.38. The first-order valence-corrected chi connectivity index (χ1v) is 11.5. The normalized spacial score (nSPS) is 19.0. The van der Waals surface area contributed by atoms with E-state index in [1.165, 1.54) is 23.8 Å². The summed E-state index contributed by atoms with van der Waals surface area (Å²) in [6, 6.07) is 13.4. The van der Waals surface area contributed by atoms with Gasteiger partial charge >= 0.3 is 6.18 Å². The summed E-state index contributed by atoms with van der Waals surface area (Å²) in [5.74, 6) is -0.456. The first kappa shape index (κ1) is 24.1. The van der Waals surface area contributed by atoms with Gasteiger partial charge in [-0.1, -0.05) is 30.3 Å². The van der Waals surface area contributed by atoms with Crippen LogP contribution in [0, 0.1) is 0 Å². The van der Waals surface area contributed by atoms with E-state index in [1.54, 1.807) is 4.90 Å². The number of carbonyl (C=O) groups is 2. The van der Waals surface area contributed by atoms with Crippen LogP contribution in [0.1, 0.15) is 24.5 Å². The Bertz CT molecular complexity index is 1030. The van der Waals surface area contributed by atoms with Gasteiger partial charge in [-0.05, 0) is 43.5 Å². The molecule has 1 atom stereocenters. The van der Waals surface area contributed by atoms with Gasteiger partial charge in [0, 0.05) is 37.9 Å². The number of hydrogen-bond donors (Lipinski definition) is 1. The molecule has 2 aliphatic rings. The maximum Gasteiger partial charge on any atom is 0.418 e. The van der Waals surface area contributed by atoms with Gasteiger partial charge in [0.1, 0.15) is 0 Å². The van der Waals surface area contributed by atoms with E-state index in [-0.39, 0.29) is 24.2 Å². The first-order chi connectivity index (χ1) is 16.2. The number of nitrogens with one attached hydrogen (secondary N) is 1. The van der Waals surface area contributed by atoms with Gasteiger partial charge in [-0.15, -0.1) is 0 Å². The second-order valence-electron chi connectivity index (χ2n) is 8.89. The zero-order valence-corrected chi connectivity index (χ0v) is 19.1. The molecule has 1 N–H and O–H groups in total. The van der Waals surface area contributed by atoms with Gasteiger partial charge in [0.05, 0.1) is 24.3 Å². The van der Waals surface area contributed by atoms with Gasteiger partial charge in [0.2, 0.25) is 11.8 Å². The molecule has 182 valence electrons. The summed E-state index contributed by atoms with van der Waals surface area (Å²) in [5.41, 5.74) is 1.26. The molecule has 2 aliphatic heterocycles. The number of benzene rings is 2. The first-order valence-electron chi connectivity index (χ1n) is 11.5. The summed E-state index contributed by atoms with van der Waals surface area (Å²) in [4.78, 5) is 31.2. The minimum absolute atomic E-state index is 0.0231. The van der Waals surface area contributed by atoms with E-state index in [4.69, 9.17) is 0 Å². The highest BCUT2D eigenvalue weighted by molar-refractivity contribution is 5.93. The smallest absolute Gasteiger partial charge is 0.359 e. The highest BCUT2D eigenvalue weighted by Gasteiger charge is 2.34. The number of anilines is 2. The lowest BCUT2D eigenvalue weighted by molar-refractivity contribution is -0.137. The van der Waals surface area contributed by atoms with Crippen molar-refractivity contribution >= 4 is 23.2 Å². The fraction of sp³-hybridized carbons (Fsp3) is 0.440. The van der Waals surface area contributed by atoms with Crippen molar-refractivity contribution in [2.45, 2.75) is 32.0 Å². The summed E-state index contributed by atoms with van der Waals surface area (Å²) in [6.07, 6.45) is -2.52. The number of piperazine rings is 1. The minimum Gasteiger partial charge on any atom is -0.359 e. The van der Waals surface area contributed by atoms with Crippen LogP contribution in [0.25, 0.3) is 0 Å². The molecule has 0 bridgehead atoms. The van der Waals surface area contributed by atoms with E-state index >= 15 is 0 Å². The third-order valence-electron chi connectivity index (χ3n) is 6.57. The summed E-state index contributed by atoms with van der Waals surface area (Å²) in [7, 11) is 0. The zero-order valence-electron chi connectivity index (χ0n) is 19.1. The van der Waals surface area contributed by atoms with Gasteiger partial charge < -0.3 is 15.1 Å². The Labute approximate surface area is 197 Å². The summed E-state index contributed by atoms with van der Waals surface area (Å²) < 4.78 is 39.4. The molecule has 6 nitrogen and oxygen atoms in total. The Morgan fingerprint density at radius 1 is 0.971 bits per heavy atom. The van der Waals surface area contributed by atoms with Crippen LogP contribution in [0.2, 0.25) is 0 Å². The number of halogens is 3. The number of fused-ring (bicyclic) bond motifs is 1. The standard InChI is InChI=1S/C25H29F3N4O2/c1-18-10-11-19-6-2-5-9-22(19)32(18)17-24(34)31-14-12-30(13-15-31)16-23(33)29-21-8-4-3-7-20(21)25(26,27)28/h2-9,18H,10-17H2,1H3,(H,29,33)/t18-/m0/s1. The highest BCUT2D eigenvalue weighted by atomic mass is 19.4. The predicted octanol–water partition coefficient (Wildman–Crippen LogP) is 3.63. The van der Waals surface area contributed by atoms with E-state index < -0.39 is 17.6 Å². The number of carbonyl (C=O) groups excluding carboxylic acids is 2. The third kappa shape index (κ3) is 5.52. The van der Waals surface area contributed by atoms with Crippen LogP contribution in [0.4, 0.5) is 24.5 Å². The Morgan fingerprint density at radius 3 is 2.38 bits per heavy atom. The van der Waals surface area contributed by atoms with Gasteiger partial charge in [-0.3, -0.25) is 14.5 Å². The number of amides is 2. The molecule has 1 fully saturated rings. The SMILES string of the molecule is C[C@H]1CCc2ccccc2N1CC(=O)N1CCN(CC(=O)Nc2ccccc2C(F)(F)F)CC1. The van der Waals surface area contributed by atoms with Crippen LogP contribution in [0.3, 0.4) is 0 Å². The Balaban J connectivity index is 1.29. The Kier molecular flexibility index (Phi) is 7.11. The van der Waals surface area contributed by atoms with E-state index in [0.29, 0.717) is 32.7 Å². The molecule has 0 saturated carbocycles. The fourth-order valence-electron chi connectivity index (χ4n) is 4.63. The van der Waals surface area contributed by atoms with Crippen LogP contribution in [-0.2, 0) is 22.2 Å². The molecule has 0 unspecified atom stereocenters. The topological polar surface area (TPSA) is 55.9 Å². The molecule has 34 heavy (non-hydrogen) atoms. The van der Waals surface area contributed by atoms with Crippen molar-refractivity contribution < 1.29 is 22.8 Å². The number of nitrogens with zero attached hydrogens (tertiary/aromatic N) is 3. The molecular formula is C25H29F3N4O2. The Morgan fingerprint density at radius 2 is 1.65 bits per heavy atom. The van der Waals surface area contributed by atoms with E-state index in [1.807, 2.05) is 17.0 Å². The molecule has 2 amide bonds. The molecular weight excluding hydrogens is 445 g/mol. The highest BCUT2D eigenvalue weighted by Crippen LogP contribution is 2.34. The quantitative estimate of drug-likeness (QED) is 0.719. The molecule has 0 aromatic heterocycles. The van der Waals surface area contributed by atoms with Gasteiger partial charge in [0.25, 0.3) is 0 Å². The number of hydrogen-bond acceptors (Lipinski definition) is 4. The van der Waals surface area contributed by atoms with Crippen molar-refractivity contribution in [3.05, 3.63) is 59.7 Å². The van der Waals surface area contributed by atoms with Crippen LogP contribution in [0.5, 0.6) is 0 Å². The van der Waals surface area contributed by atoms with Crippen molar-refractivity contribution in [3.63, 3.8) is 0 Å². The fourth-order valence-corrected chi connectivity index (χ4v) is 4.63. The molecule has 2 aromatic rings. The Hall–Kier alpha value is -3.07. The molecule has 4 rings (SSSR count). The van der Waals surface area contributed by atoms with Gasteiger partial charge in [-0.2, -0.15) is 13.2 Å². The zero-order chi connectivity index (χ0) is 24.3. The molecule has 0 spiro atoms. The largest absolute Gasteiger partial charge is 0.418 e. The molecule has 1 saturated heterocycles. The minimum atomic E-state index is -4.54. The molecule has 2 heterocycles.